The normalized spacial score (nSPS) is 18.9. The van der Waals surface area contributed by atoms with Crippen molar-refractivity contribution in [3.8, 4) is 6.07 Å². The van der Waals surface area contributed by atoms with E-state index in [1.54, 1.807) is 0 Å². The summed E-state index contributed by atoms with van der Waals surface area (Å²) in [6.45, 7) is 21.0. The lowest BCUT2D eigenvalue weighted by atomic mass is 9.89. The van der Waals surface area contributed by atoms with Crippen molar-refractivity contribution in [3.63, 3.8) is 0 Å². The van der Waals surface area contributed by atoms with Crippen LogP contribution >= 0.6 is 0 Å². The largest absolute Gasteiger partial charge is 0.372 e. The van der Waals surface area contributed by atoms with Crippen LogP contribution in [0.1, 0.15) is 68.2 Å². The zero-order valence-electron chi connectivity index (χ0n) is 26.4. The van der Waals surface area contributed by atoms with Crippen LogP contribution in [0.5, 0.6) is 0 Å². The van der Waals surface area contributed by atoms with Crippen molar-refractivity contribution < 1.29 is 0 Å². The van der Waals surface area contributed by atoms with Gasteiger partial charge in [-0.25, -0.2) is 0 Å². The second kappa shape index (κ2) is 18.0. The summed E-state index contributed by atoms with van der Waals surface area (Å²) in [4.78, 5) is 7.57. The predicted molar refractivity (Wildman–Crippen MR) is 177 cm³/mol. The number of benzene rings is 2. The van der Waals surface area contributed by atoms with E-state index in [2.05, 4.69) is 90.0 Å². The van der Waals surface area contributed by atoms with Crippen LogP contribution in [0.3, 0.4) is 0 Å². The van der Waals surface area contributed by atoms with E-state index in [1.807, 2.05) is 19.1 Å². The highest BCUT2D eigenvalue weighted by Crippen LogP contribution is 2.25. The van der Waals surface area contributed by atoms with Gasteiger partial charge in [-0.3, -0.25) is 0 Å². The number of nitriles is 1. The first-order valence-electron chi connectivity index (χ1n) is 16.0. The zero-order chi connectivity index (χ0) is 29.5. The Kier molecular flexibility index (Phi) is 14.4. The minimum absolute atomic E-state index is 0.803. The molecule has 3 aliphatic rings. The quantitative estimate of drug-likeness (QED) is 0.433. The molecule has 41 heavy (non-hydrogen) atoms. The molecule has 0 aliphatic carbocycles. The Morgan fingerprint density at radius 2 is 1.51 bits per heavy atom. The highest BCUT2D eigenvalue weighted by molar-refractivity contribution is 5.55. The summed E-state index contributed by atoms with van der Waals surface area (Å²) < 4.78 is 0. The molecule has 1 N–H and O–H groups in total. The Balaban J connectivity index is 0.000000210. The van der Waals surface area contributed by atoms with E-state index in [0.29, 0.717) is 0 Å². The van der Waals surface area contributed by atoms with Crippen molar-refractivity contribution in [1.82, 2.24) is 15.1 Å². The number of nitrogens with zero attached hydrogens (tertiary/aromatic N) is 4. The first-order valence-corrected chi connectivity index (χ1v) is 16.0. The van der Waals surface area contributed by atoms with Crippen LogP contribution < -0.4 is 10.2 Å². The third kappa shape index (κ3) is 11.3. The summed E-state index contributed by atoms with van der Waals surface area (Å²) in [5, 5.41) is 12.3. The standard InChI is InChI=1S/C18H27N3.C15H20N2.C3H8/c1-2-16-3-5-18(6-4-16)21-11-7-17(8-12-21)15-20-13-9-19-10-14-20;1-12-9-14(3-4-15(12)11-16)10-13-5-7-17(2)8-6-13;1-3-2/h2-6,17,19H,1,7-15H2;3-4,9,13H,5-8,10H2,1-2H3;3H2,1-2H3. The maximum atomic E-state index is 8.90. The van der Waals surface area contributed by atoms with Gasteiger partial charge in [-0.2, -0.15) is 5.26 Å². The lowest BCUT2D eigenvalue weighted by molar-refractivity contribution is 0.190. The number of rotatable bonds is 6. The topological polar surface area (TPSA) is 45.5 Å². The number of likely N-dealkylation sites (tertiary alicyclic amines) is 1. The molecular weight excluding hydrogens is 502 g/mol. The number of aryl methyl sites for hydroxylation is 1. The molecule has 2 aromatic rings. The average molecular weight is 558 g/mol. The van der Waals surface area contributed by atoms with Crippen molar-refractivity contribution in [1.29, 1.82) is 5.26 Å². The van der Waals surface area contributed by atoms with Gasteiger partial charge in [0.2, 0.25) is 0 Å². The van der Waals surface area contributed by atoms with Crippen molar-refractivity contribution >= 4 is 11.8 Å². The van der Waals surface area contributed by atoms with Gasteiger partial charge in [0.25, 0.3) is 0 Å². The van der Waals surface area contributed by atoms with Gasteiger partial charge in [-0.15, -0.1) is 0 Å². The van der Waals surface area contributed by atoms with E-state index >= 15 is 0 Å². The molecular formula is C36H55N5. The smallest absolute Gasteiger partial charge is 0.0994 e. The summed E-state index contributed by atoms with van der Waals surface area (Å²) in [6.07, 6.45) is 9.58. The van der Waals surface area contributed by atoms with Gasteiger partial charge in [0.15, 0.2) is 0 Å². The SMILES string of the molecule is C=Cc1ccc(N2CCC(CN3CCNCC3)CC2)cc1.CCC.Cc1cc(CC2CCN(C)CC2)ccc1C#N. The van der Waals surface area contributed by atoms with Crippen LogP contribution in [0.4, 0.5) is 5.69 Å². The first kappa shape index (κ1) is 32.9. The lowest BCUT2D eigenvalue weighted by Gasteiger charge is -2.37. The number of piperidine rings is 2. The van der Waals surface area contributed by atoms with Crippen LogP contribution in [0, 0.1) is 30.1 Å². The Hall–Kier alpha value is -2.65. The molecule has 5 rings (SSSR count). The molecule has 0 saturated carbocycles. The number of nitrogens with one attached hydrogen (secondary N) is 1. The van der Waals surface area contributed by atoms with E-state index in [-0.39, 0.29) is 0 Å². The van der Waals surface area contributed by atoms with Gasteiger partial charge >= 0.3 is 0 Å². The molecule has 2 aromatic carbocycles. The summed E-state index contributed by atoms with van der Waals surface area (Å²) in [6, 6.07) is 17.3. The molecule has 3 saturated heterocycles. The summed E-state index contributed by atoms with van der Waals surface area (Å²) >= 11 is 0. The summed E-state index contributed by atoms with van der Waals surface area (Å²) in [5.41, 5.74) is 5.86. The molecule has 3 fully saturated rings. The van der Waals surface area contributed by atoms with Gasteiger partial charge in [-0.05, 0) is 106 Å². The number of piperazine rings is 1. The highest BCUT2D eigenvalue weighted by Gasteiger charge is 2.22. The van der Waals surface area contributed by atoms with Crippen LogP contribution in [0.25, 0.3) is 6.08 Å². The molecule has 0 aromatic heterocycles. The minimum Gasteiger partial charge on any atom is -0.372 e. The number of hydrogen-bond acceptors (Lipinski definition) is 5. The summed E-state index contributed by atoms with van der Waals surface area (Å²) in [7, 11) is 2.20. The second-order valence-electron chi connectivity index (χ2n) is 12.2. The van der Waals surface area contributed by atoms with Crippen molar-refractivity contribution in [2.45, 2.75) is 59.3 Å². The first-order chi connectivity index (χ1) is 19.9. The molecule has 0 bridgehead atoms. The van der Waals surface area contributed by atoms with E-state index in [0.717, 1.165) is 36.1 Å². The van der Waals surface area contributed by atoms with Gasteiger partial charge in [0.1, 0.15) is 0 Å². The Morgan fingerprint density at radius 1 is 0.902 bits per heavy atom. The number of anilines is 1. The van der Waals surface area contributed by atoms with Gasteiger partial charge in [0.05, 0.1) is 11.6 Å². The third-order valence-electron chi connectivity index (χ3n) is 8.61. The third-order valence-corrected chi connectivity index (χ3v) is 8.61. The van der Waals surface area contributed by atoms with Crippen LogP contribution in [0.15, 0.2) is 49.0 Å². The van der Waals surface area contributed by atoms with E-state index in [9.17, 15) is 0 Å². The zero-order valence-corrected chi connectivity index (χ0v) is 26.4. The average Bonchev–Trinajstić information content (AvgIpc) is 3.00. The second-order valence-corrected chi connectivity index (χ2v) is 12.2. The fraction of sp³-hybridized carbons (Fsp3) is 0.583. The van der Waals surface area contributed by atoms with Crippen LogP contribution in [-0.4, -0.2) is 75.8 Å². The minimum atomic E-state index is 0.803. The van der Waals surface area contributed by atoms with Crippen LogP contribution in [0.2, 0.25) is 0 Å². The molecule has 5 heteroatoms. The summed E-state index contributed by atoms with van der Waals surface area (Å²) in [5.74, 6) is 1.70. The molecule has 3 aliphatic heterocycles. The lowest BCUT2D eigenvalue weighted by Crippen LogP contribution is -2.46. The van der Waals surface area contributed by atoms with Crippen molar-refractivity contribution in [3.05, 3.63) is 71.3 Å². The Morgan fingerprint density at radius 3 is 2.07 bits per heavy atom. The fourth-order valence-electron chi connectivity index (χ4n) is 6.03. The number of hydrogen-bond donors (Lipinski definition) is 1. The van der Waals surface area contributed by atoms with Gasteiger partial charge in [0, 0.05) is 51.5 Å². The maximum absolute atomic E-state index is 8.90. The molecule has 5 nitrogen and oxygen atoms in total. The molecule has 0 atom stereocenters. The molecule has 0 unspecified atom stereocenters. The highest BCUT2D eigenvalue weighted by atomic mass is 15.2. The Labute approximate surface area is 251 Å². The fourth-order valence-corrected chi connectivity index (χ4v) is 6.03. The maximum Gasteiger partial charge on any atom is 0.0994 e. The molecule has 0 radical (unpaired) electrons. The van der Waals surface area contributed by atoms with E-state index < -0.39 is 0 Å². The molecule has 0 spiro atoms. The molecule has 224 valence electrons. The molecule has 0 amide bonds. The van der Waals surface area contributed by atoms with Crippen LogP contribution in [-0.2, 0) is 6.42 Å². The van der Waals surface area contributed by atoms with E-state index in [1.165, 1.54) is 101 Å². The monoisotopic (exact) mass is 557 g/mol. The van der Waals surface area contributed by atoms with Crippen molar-refractivity contribution in [2.75, 3.05) is 70.9 Å². The Bertz CT molecular complexity index is 1050. The molecule has 3 heterocycles. The van der Waals surface area contributed by atoms with Gasteiger partial charge < -0.3 is 20.0 Å². The van der Waals surface area contributed by atoms with Crippen molar-refractivity contribution in [2.24, 2.45) is 11.8 Å². The predicted octanol–water partition coefficient (Wildman–Crippen LogP) is 6.62. The van der Waals surface area contributed by atoms with Gasteiger partial charge in [-0.1, -0.05) is 57.2 Å². The van der Waals surface area contributed by atoms with E-state index in [4.69, 9.17) is 5.26 Å².